The first-order valence-electron chi connectivity index (χ1n) is 9.96. The molecule has 11 heteroatoms. The minimum Gasteiger partial charge on any atom is -0.465 e. The quantitative estimate of drug-likeness (QED) is 0.274. The molecule has 0 spiro atoms. The zero-order valence-electron chi connectivity index (χ0n) is 18.0. The van der Waals surface area contributed by atoms with E-state index >= 15 is 0 Å². The van der Waals surface area contributed by atoms with Crippen LogP contribution in [0.25, 0.3) is 0 Å². The third kappa shape index (κ3) is 7.14. The average Bonchev–Trinajstić information content (AvgIpc) is 3.20. The van der Waals surface area contributed by atoms with E-state index in [0.717, 1.165) is 17.1 Å². The fraction of sp³-hybridized carbons (Fsp3) is 0.273. The van der Waals surface area contributed by atoms with Gasteiger partial charge in [0.1, 0.15) is 5.82 Å². The molecule has 0 radical (unpaired) electrons. The number of rotatable bonds is 10. The summed E-state index contributed by atoms with van der Waals surface area (Å²) in [4.78, 5) is 23.8. The maximum Gasteiger partial charge on any atom is 0.337 e. The highest BCUT2D eigenvalue weighted by Crippen LogP contribution is 2.27. The molecule has 0 saturated heterocycles. The normalized spacial score (nSPS) is 10.8. The van der Waals surface area contributed by atoms with Gasteiger partial charge in [-0.1, -0.05) is 41.0 Å². The van der Waals surface area contributed by atoms with Crippen molar-refractivity contribution in [3.05, 3.63) is 69.5 Å². The topological polar surface area (TPSA) is 86.1 Å². The van der Waals surface area contributed by atoms with Gasteiger partial charge < -0.3 is 14.6 Å². The lowest BCUT2D eigenvalue weighted by molar-refractivity contribution is -0.113. The van der Waals surface area contributed by atoms with Gasteiger partial charge in [-0.25, -0.2) is 4.79 Å². The van der Waals surface area contributed by atoms with Gasteiger partial charge >= 0.3 is 5.97 Å². The van der Waals surface area contributed by atoms with Crippen molar-refractivity contribution in [2.75, 3.05) is 18.2 Å². The number of thioether (sulfide) groups is 2. The minimum atomic E-state index is -0.424. The molecular formula is C22H22Cl2N4O3S2. The lowest BCUT2D eigenvalue weighted by atomic mass is 10.2. The number of hydrogen-bond donors (Lipinski definition) is 1. The second-order valence-electron chi connectivity index (χ2n) is 6.78. The number of methoxy groups -OCH3 is 1. The maximum absolute atomic E-state index is 12.3. The first kappa shape index (κ1) is 25.4. The number of halogens is 2. The summed E-state index contributed by atoms with van der Waals surface area (Å²) >= 11 is 15.2. The Morgan fingerprint density at radius 1 is 1.09 bits per heavy atom. The van der Waals surface area contributed by atoms with Crippen LogP contribution in [0.1, 0.15) is 28.7 Å². The van der Waals surface area contributed by atoms with Crippen molar-refractivity contribution in [1.29, 1.82) is 0 Å². The van der Waals surface area contributed by atoms with Gasteiger partial charge in [0.25, 0.3) is 0 Å². The molecule has 7 nitrogen and oxygen atoms in total. The molecule has 1 heterocycles. The van der Waals surface area contributed by atoms with Crippen LogP contribution in [-0.4, -0.2) is 39.5 Å². The van der Waals surface area contributed by atoms with Gasteiger partial charge in [-0.3, -0.25) is 4.79 Å². The molecule has 3 rings (SSSR count). The smallest absolute Gasteiger partial charge is 0.337 e. The van der Waals surface area contributed by atoms with Crippen molar-refractivity contribution in [1.82, 2.24) is 14.8 Å². The Labute approximate surface area is 210 Å². The molecule has 33 heavy (non-hydrogen) atoms. The van der Waals surface area contributed by atoms with Crippen LogP contribution in [0.3, 0.4) is 0 Å². The van der Waals surface area contributed by atoms with Crippen LogP contribution in [0.2, 0.25) is 10.0 Å². The summed E-state index contributed by atoms with van der Waals surface area (Å²) in [6.07, 6.45) is 0. The van der Waals surface area contributed by atoms with E-state index in [2.05, 4.69) is 20.3 Å². The Kier molecular flexibility index (Phi) is 9.49. The van der Waals surface area contributed by atoms with E-state index in [1.165, 1.54) is 18.9 Å². The predicted molar refractivity (Wildman–Crippen MR) is 134 cm³/mol. The molecule has 0 aliphatic carbocycles. The summed E-state index contributed by atoms with van der Waals surface area (Å²) < 4.78 is 6.67. The molecule has 174 valence electrons. The number of nitrogens with zero attached hydrogens (tertiary/aromatic N) is 3. The number of anilines is 1. The second-order valence-corrected chi connectivity index (χ2v) is 9.55. The number of nitrogens with one attached hydrogen (secondary N) is 1. The average molecular weight is 525 g/mol. The molecule has 0 aliphatic heterocycles. The molecule has 0 bridgehead atoms. The molecule has 3 aromatic rings. The van der Waals surface area contributed by atoms with Crippen molar-refractivity contribution < 1.29 is 14.3 Å². The molecule has 2 aromatic carbocycles. The summed E-state index contributed by atoms with van der Waals surface area (Å²) in [5.41, 5.74) is 2.03. The van der Waals surface area contributed by atoms with E-state index in [9.17, 15) is 9.59 Å². The third-order valence-corrected chi connectivity index (χ3v) is 7.07. The van der Waals surface area contributed by atoms with Crippen molar-refractivity contribution in [2.24, 2.45) is 0 Å². The number of carbonyl (C=O) groups is 2. The first-order chi connectivity index (χ1) is 15.9. The van der Waals surface area contributed by atoms with E-state index in [1.807, 2.05) is 23.6 Å². The summed E-state index contributed by atoms with van der Waals surface area (Å²) in [5.74, 6) is 1.82. The van der Waals surface area contributed by atoms with Crippen LogP contribution in [-0.2, 0) is 27.6 Å². The number of benzene rings is 2. The molecule has 1 N–H and O–H groups in total. The van der Waals surface area contributed by atoms with Gasteiger partial charge in [0.2, 0.25) is 5.91 Å². The molecule has 0 aliphatic rings. The largest absolute Gasteiger partial charge is 0.465 e. The molecule has 0 atom stereocenters. The number of aromatic nitrogens is 3. The standard InChI is InChI=1S/C22H22Cl2N4O3S2/c1-3-28-19(12-32-11-15-4-7-16(23)10-18(15)24)26-27-22(28)33-13-20(29)25-17-8-5-14(6-9-17)21(30)31-2/h4-10H,3,11-13H2,1-2H3,(H,25,29). The second kappa shape index (κ2) is 12.3. The Bertz CT molecular complexity index is 1120. The highest BCUT2D eigenvalue weighted by Gasteiger charge is 2.14. The molecule has 0 saturated carbocycles. The van der Waals surface area contributed by atoms with Gasteiger partial charge in [-0.15, -0.1) is 22.0 Å². The Morgan fingerprint density at radius 3 is 2.52 bits per heavy atom. The van der Waals surface area contributed by atoms with Gasteiger partial charge in [-0.2, -0.15) is 0 Å². The number of esters is 1. The summed E-state index contributed by atoms with van der Waals surface area (Å²) in [7, 11) is 1.32. The van der Waals surface area contributed by atoms with Crippen LogP contribution in [0.5, 0.6) is 0 Å². The van der Waals surface area contributed by atoms with Crippen molar-refractivity contribution >= 4 is 64.3 Å². The third-order valence-electron chi connectivity index (χ3n) is 4.54. The molecule has 0 fully saturated rings. The van der Waals surface area contributed by atoms with Gasteiger partial charge in [-0.05, 0) is 48.9 Å². The Morgan fingerprint density at radius 2 is 1.85 bits per heavy atom. The van der Waals surface area contributed by atoms with Crippen LogP contribution in [0.4, 0.5) is 5.69 Å². The van der Waals surface area contributed by atoms with Crippen LogP contribution in [0.15, 0.2) is 47.6 Å². The lowest BCUT2D eigenvalue weighted by Gasteiger charge is -2.09. The molecule has 1 amide bonds. The zero-order valence-corrected chi connectivity index (χ0v) is 21.2. The van der Waals surface area contributed by atoms with Gasteiger partial charge in [0.15, 0.2) is 5.16 Å². The van der Waals surface area contributed by atoms with Crippen molar-refractivity contribution in [3.63, 3.8) is 0 Å². The Hall–Kier alpha value is -2.20. The summed E-state index contributed by atoms with van der Waals surface area (Å²) in [6.45, 7) is 2.71. The van der Waals surface area contributed by atoms with Crippen LogP contribution >= 0.6 is 46.7 Å². The molecule has 0 unspecified atom stereocenters. The molecule has 1 aromatic heterocycles. The van der Waals surface area contributed by atoms with E-state index in [4.69, 9.17) is 23.2 Å². The lowest BCUT2D eigenvalue weighted by Crippen LogP contribution is -2.15. The summed E-state index contributed by atoms with van der Waals surface area (Å²) in [6, 6.07) is 12.0. The first-order valence-corrected chi connectivity index (χ1v) is 12.9. The fourth-order valence-electron chi connectivity index (χ4n) is 2.88. The van der Waals surface area contributed by atoms with Crippen LogP contribution in [0, 0.1) is 0 Å². The monoisotopic (exact) mass is 524 g/mol. The summed E-state index contributed by atoms with van der Waals surface area (Å²) in [5, 5.41) is 13.3. The van der Waals surface area contributed by atoms with Crippen molar-refractivity contribution in [2.45, 2.75) is 30.1 Å². The van der Waals surface area contributed by atoms with Crippen LogP contribution < -0.4 is 5.32 Å². The van der Waals surface area contributed by atoms with Gasteiger partial charge in [0, 0.05) is 28.0 Å². The zero-order chi connectivity index (χ0) is 23.8. The minimum absolute atomic E-state index is 0.176. The Balaban J connectivity index is 1.52. The molecular weight excluding hydrogens is 503 g/mol. The van der Waals surface area contributed by atoms with E-state index in [1.54, 1.807) is 42.1 Å². The highest BCUT2D eigenvalue weighted by atomic mass is 35.5. The maximum atomic E-state index is 12.3. The number of carbonyl (C=O) groups excluding carboxylic acids is 2. The van der Waals surface area contributed by atoms with E-state index in [-0.39, 0.29) is 11.7 Å². The van der Waals surface area contributed by atoms with Crippen molar-refractivity contribution in [3.8, 4) is 0 Å². The number of amides is 1. The highest BCUT2D eigenvalue weighted by molar-refractivity contribution is 7.99. The SMILES string of the molecule is CCn1c(CSCc2ccc(Cl)cc2Cl)nnc1SCC(=O)Nc1ccc(C(=O)OC)cc1. The number of ether oxygens (including phenoxy) is 1. The van der Waals surface area contributed by atoms with E-state index in [0.29, 0.717) is 38.8 Å². The van der Waals surface area contributed by atoms with Gasteiger partial charge in [0.05, 0.1) is 24.2 Å². The predicted octanol–water partition coefficient (Wildman–Crippen LogP) is 5.56. The fourth-order valence-corrected chi connectivity index (χ4v) is 5.22. The van der Waals surface area contributed by atoms with E-state index < -0.39 is 5.97 Å². The number of hydrogen-bond acceptors (Lipinski definition) is 7.